The summed E-state index contributed by atoms with van der Waals surface area (Å²) in [5.41, 5.74) is 0. The van der Waals surface area contributed by atoms with Gasteiger partial charge in [0, 0.05) is 12.4 Å². The molecule has 0 radical (unpaired) electrons. The van der Waals surface area contributed by atoms with Crippen molar-refractivity contribution >= 4 is 12.6 Å². The van der Waals surface area contributed by atoms with E-state index in [1.54, 1.807) is 0 Å². The minimum Gasteiger partial charge on any atom is -0.394 e. The van der Waals surface area contributed by atoms with E-state index in [0.717, 1.165) is 25.7 Å². The molecule has 2 aliphatic rings. The van der Waals surface area contributed by atoms with Gasteiger partial charge in [0.2, 0.25) is 0 Å². The molecule has 10 nitrogen and oxygen atoms in total. The summed E-state index contributed by atoms with van der Waals surface area (Å²) in [4.78, 5) is 0. The van der Waals surface area contributed by atoms with E-state index in [9.17, 15) is 30.6 Å². The summed E-state index contributed by atoms with van der Waals surface area (Å²) in [5, 5.41) is 60.5. The van der Waals surface area contributed by atoms with E-state index in [1.165, 1.54) is 0 Å². The molecule has 172 valence electrons. The second-order valence-electron chi connectivity index (χ2n) is 7.44. The number of thiol groups is 1. The highest BCUT2D eigenvalue weighted by molar-refractivity contribution is 7.80. The van der Waals surface area contributed by atoms with Crippen molar-refractivity contribution in [2.75, 3.05) is 19.0 Å². The van der Waals surface area contributed by atoms with Gasteiger partial charge < -0.3 is 49.6 Å². The first-order chi connectivity index (χ1) is 13.8. The first kappa shape index (κ1) is 25.2. The minimum atomic E-state index is -1.61. The normalized spacial score (nSPS) is 43.4. The molecule has 0 spiro atoms. The lowest BCUT2D eigenvalue weighted by Gasteiger charge is -2.46. The highest BCUT2D eigenvalue weighted by Gasteiger charge is 2.50. The number of hydrogen-bond donors (Lipinski definition) is 7. The van der Waals surface area contributed by atoms with Crippen molar-refractivity contribution in [2.24, 2.45) is 0 Å². The maximum absolute atomic E-state index is 10.5. The summed E-state index contributed by atoms with van der Waals surface area (Å²) >= 11 is 4.03. The van der Waals surface area contributed by atoms with Crippen LogP contribution < -0.4 is 0 Å². The number of rotatable bonds is 10. The smallest absolute Gasteiger partial charge is 0.187 e. The second kappa shape index (κ2) is 12.1. The predicted molar refractivity (Wildman–Crippen MR) is 103 cm³/mol. The minimum absolute atomic E-state index is 0.0501. The fraction of sp³-hybridized carbons (Fsp3) is 1.00. The molecule has 29 heavy (non-hydrogen) atoms. The summed E-state index contributed by atoms with van der Waals surface area (Å²) in [6.45, 7) is 1.87. The van der Waals surface area contributed by atoms with Gasteiger partial charge in [0.25, 0.3) is 0 Å². The van der Waals surface area contributed by atoms with E-state index in [-0.39, 0.29) is 5.75 Å². The molecule has 2 aliphatic heterocycles. The third kappa shape index (κ3) is 6.23. The van der Waals surface area contributed by atoms with Gasteiger partial charge in [0.1, 0.15) is 42.7 Å². The van der Waals surface area contributed by atoms with Gasteiger partial charge in [-0.05, 0) is 6.42 Å². The molecule has 0 amide bonds. The average molecular weight is 443 g/mol. The van der Waals surface area contributed by atoms with Gasteiger partial charge in [-0.2, -0.15) is 12.6 Å². The molecule has 10 atom stereocenters. The Bertz CT molecular complexity index is 468. The largest absolute Gasteiger partial charge is 0.394 e. The number of hydrogen-bond acceptors (Lipinski definition) is 11. The molecular weight excluding hydrogens is 408 g/mol. The maximum Gasteiger partial charge on any atom is 0.187 e. The Morgan fingerprint density at radius 2 is 1.45 bits per heavy atom. The van der Waals surface area contributed by atoms with Crippen LogP contribution in [0, 0.1) is 0 Å². The van der Waals surface area contributed by atoms with E-state index in [4.69, 9.17) is 18.9 Å². The molecule has 0 aromatic rings. The van der Waals surface area contributed by atoms with Crippen LogP contribution in [0.1, 0.15) is 32.6 Å². The Balaban J connectivity index is 1.98. The van der Waals surface area contributed by atoms with Gasteiger partial charge in [0.15, 0.2) is 12.6 Å². The Morgan fingerprint density at radius 1 is 0.793 bits per heavy atom. The monoisotopic (exact) mass is 442 g/mol. The van der Waals surface area contributed by atoms with Crippen molar-refractivity contribution < 1.29 is 49.6 Å². The Kier molecular flexibility index (Phi) is 10.5. The molecule has 0 saturated carbocycles. The summed E-state index contributed by atoms with van der Waals surface area (Å²) in [5.74, 6) is 0.0501. The molecule has 6 N–H and O–H groups in total. The molecule has 0 aromatic heterocycles. The van der Waals surface area contributed by atoms with E-state index in [0.29, 0.717) is 6.61 Å². The number of unbranched alkanes of at least 4 members (excludes halogenated alkanes) is 3. The molecule has 2 saturated heterocycles. The average Bonchev–Trinajstić information content (AvgIpc) is 2.72. The van der Waals surface area contributed by atoms with Gasteiger partial charge in [-0.1, -0.05) is 26.2 Å². The molecule has 0 aromatic carbocycles. The molecular formula is C18H34O10S. The first-order valence-corrected chi connectivity index (χ1v) is 10.7. The zero-order valence-electron chi connectivity index (χ0n) is 16.5. The third-order valence-electron chi connectivity index (χ3n) is 5.24. The lowest BCUT2D eigenvalue weighted by molar-refractivity contribution is -0.356. The van der Waals surface area contributed by atoms with E-state index in [1.807, 2.05) is 0 Å². The van der Waals surface area contributed by atoms with Gasteiger partial charge in [-0.25, -0.2) is 0 Å². The SMILES string of the molecule is CCCCCCOC1OC(CO)C(OC2OC(CS)C(O)C(O)C2O)C(O)C1O. The molecule has 0 bridgehead atoms. The fourth-order valence-corrected chi connectivity index (χ4v) is 3.72. The van der Waals surface area contributed by atoms with Crippen molar-refractivity contribution in [1.29, 1.82) is 0 Å². The number of aliphatic hydroxyl groups is 6. The highest BCUT2D eigenvalue weighted by atomic mass is 32.1. The van der Waals surface area contributed by atoms with Crippen LogP contribution in [0.15, 0.2) is 0 Å². The number of aliphatic hydroxyl groups excluding tert-OH is 6. The second-order valence-corrected chi connectivity index (χ2v) is 7.80. The van der Waals surface area contributed by atoms with Crippen LogP contribution in [0.5, 0.6) is 0 Å². The Hall–Kier alpha value is -0.0500. The van der Waals surface area contributed by atoms with Gasteiger partial charge in [0.05, 0.1) is 12.7 Å². The van der Waals surface area contributed by atoms with Crippen molar-refractivity contribution in [2.45, 2.75) is 94.0 Å². The Morgan fingerprint density at radius 3 is 2.07 bits per heavy atom. The zero-order chi connectivity index (χ0) is 21.6. The molecule has 0 aliphatic carbocycles. The van der Waals surface area contributed by atoms with Crippen molar-refractivity contribution in [3.8, 4) is 0 Å². The number of ether oxygens (including phenoxy) is 4. The lowest BCUT2D eigenvalue weighted by Crippen LogP contribution is -2.64. The quantitative estimate of drug-likeness (QED) is 0.151. The van der Waals surface area contributed by atoms with Crippen LogP contribution in [0.25, 0.3) is 0 Å². The molecule has 10 unspecified atom stereocenters. The fourth-order valence-electron chi connectivity index (χ4n) is 3.42. The third-order valence-corrected chi connectivity index (χ3v) is 5.60. The standard InChI is InChI=1S/C18H34O10S/c1-2-3-4-5-6-25-17-15(24)13(22)16(9(7-19)26-17)28-18-14(23)12(21)11(20)10(8-29)27-18/h9-24,29H,2-8H2,1H3. The van der Waals surface area contributed by atoms with E-state index >= 15 is 0 Å². The van der Waals surface area contributed by atoms with Crippen molar-refractivity contribution in [1.82, 2.24) is 0 Å². The van der Waals surface area contributed by atoms with Crippen LogP contribution in [0.2, 0.25) is 0 Å². The summed E-state index contributed by atoms with van der Waals surface area (Å²) in [6, 6.07) is 0. The molecule has 2 heterocycles. The van der Waals surface area contributed by atoms with Crippen LogP contribution >= 0.6 is 12.6 Å². The van der Waals surface area contributed by atoms with Gasteiger partial charge in [-0.3, -0.25) is 0 Å². The van der Waals surface area contributed by atoms with Crippen LogP contribution in [0.3, 0.4) is 0 Å². The van der Waals surface area contributed by atoms with Crippen LogP contribution in [-0.2, 0) is 18.9 Å². The topological polar surface area (TPSA) is 158 Å². The Labute approximate surface area is 175 Å². The molecule has 2 rings (SSSR count). The van der Waals surface area contributed by atoms with Gasteiger partial charge >= 0.3 is 0 Å². The zero-order valence-corrected chi connectivity index (χ0v) is 17.4. The summed E-state index contributed by atoms with van der Waals surface area (Å²) in [7, 11) is 0. The maximum atomic E-state index is 10.5. The summed E-state index contributed by atoms with van der Waals surface area (Å²) < 4.78 is 22.0. The first-order valence-electron chi connectivity index (χ1n) is 10.1. The van der Waals surface area contributed by atoms with E-state index in [2.05, 4.69) is 19.6 Å². The lowest BCUT2D eigenvalue weighted by atomic mass is 9.97. The molecule has 11 heteroatoms. The van der Waals surface area contributed by atoms with E-state index < -0.39 is 68.0 Å². The predicted octanol–water partition coefficient (Wildman–Crippen LogP) is -1.86. The highest BCUT2D eigenvalue weighted by Crippen LogP contribution is 2.29. The van der Waals surface area contributed by atoms with Crippen LogP contribution in [0.4, 0.5) is 0 Å². The van der Waals surface area contributed by atoms with Crippen LogP contribution in [-0.4, -0.2) is 111 Å². The van der Waals surface area contributed by atoms with Gasteiger partial charge in [-0.15, -0.1) is 0 Å². The van der Waals surface area contributed by atoms with Crippen molar-refractivity contribution in [3.63, 3.8) is 0 Å². The molecule has 2 fully saturated rings. The van der Waals surface area contributed by atoms with Crippen molar-refractivity contribution in [3.05, 3.63) is 0 Å². The summed E-state index contributed by atoms with van der Waals surface area (Å²) in [6.07, 6.45) is -9.43.